The second kappa shape index (κ2) is 12.6. The fraction of sp³-hybridized carbons (Fsp3) is 0.704. The smallest absolute Gasteiger partial charge is 0.159 e. The van der Waals surface area contributed by atoms with Crippen LogP contribution < -0.4 is 0 Å². The Hall–Kier alpha value is -1.25. The Morgan fingerprint density at radius 2 is 1.30 bits per heavy atom. The number of hydrogen-bond acceptors (Lipinski definition) is 0. The lowest BCUT2D eigenvalue weighted by molar-refractivity contribution is 0.222. The SMILES string of the molecule is F/C=C/CCCCC[C@H]1CC[C@H](CC[C@H]2CC[C@H](c3ccc(F)c(F)c3)CC2)CC1. The molecular weight excluding hydrogens is 381 g/mol. The van der Waals surface area contributed by atoms with Crippen LogP contribution in [-0.2, 0) is 0 Å². The highest BCUT2D eigenvalue weighted by molar-refractivity contribution is 5.22. The highest BCUT2D eigenvalue weighted by atomic mass is 19.2. The number of hydrogen-bond donors (Lipinski definition) is 0. The van der Waals surface area contributed by atoms with E-state index >= 15 is 0 Å². The summed E-state index contributed by atoms with van der Waals surface area (Å²) in [5.74, 6) is 1.61. The summed E-state index contributed by atoms with van der Waals surface area (Å²) in [6.07, 6.45) is 21.2. The monoisotopic (exact) mass is 420 g/mol. The number of halogens is 3. The van der Waals surface area contributed by atoms with Crippen LogP contribution in [0.15, 0.2) is 30.6 Å². The molecule has 0 spiro atoms. The molecule has 2 saturated carbocycles. The molecule has 1 aromatic carbocycles. The number of benzene rings is 1. The zero-order valence-electron chi connectivity index (χ0n) is 18.4. The van der Waals surface area contributed by atoms with Gasteiger partial charge in [0.1, 0.15) is 0 Å². The minimum absolute atomic E-state index is 0.403. The first-order chi connectivity index (χ1) is 14.7. The molecule has 0 bridgehead atoms. The summed E-state index contributed by atoms with van der Waals surface area (Å²) in [6.45, 7) is 0. The van der Waals surface area contributed by atoms with Gasteiger partial charge in [-0.3, -0.25) is 0 Å². The highest BCUT2D eigenvalue weighted by Crippen LogP contribution is 2.40. The normalized spacial score (nSPS) is 27.6. The molecule has 1 aromatic rings. The maximum absolute atomic E-state index is 13.5. The Morgan fingerprint density at radius 3 is 1.90 bits per heavy atom. The average Bonchev–Trinajstić information content (AvgIpc) is 2.78. The zero-order chi connectivity index (χ0) is 21.2. The van der Waals surface area contributed by atoms with Crippen molar-refractivity contribution in [3.05, 3.63) is 47.8 Å². The molecule has 30 heavy (non-hydrogen) atoms. The zero-order valence-corrected chi connectivity index (χ0v) is 18.4. The predicted molar refractivity (Wildman–Crippen MR) is 119 cm³/mol. The molecule has 0 amide bonds. The molecule has 3 rings (SSSR count). The Kier molecular flexibility index (Phi) is 9.81. The van der Waals surface area contributed by atoms with E-state index in [2.05, 4.69) is 0 Å². The van der Waals surface area contributed by atoms with Crippen LogP contribution in [0.3, 0.4) is 0 Å². The molecular formula is C27H39F3. The Bertz CT molecular complexity index is 638. The van der Waals surface area contributed by atoms with Crippen LogP contribution in [0.25, 0.3) is 0 Å². The van der Waals surface area contributed by atoms with E-state index < -0.39 is 11.6 Å². The average molecular weight is 421 g/mol. The molecule has 2 aliphatic carbocycles. The van der Waals surface area contributed by atoms with Gasteiger partial charge in [-0.1, -0.05) is 69.9 Å². The first-order valence-electron chi connectivity index (χ1n) is 12.4. The summed E-state index contributed by atoms with van der Waals surface area (Å²) in [7, 11) is 0. The quantitative estimate of drug-likeness (QED) is 0.331. The van der Waals surface area contributed by atoms with E-state index in [1.165, 1.54) is 82.8 Å². The molecule has 0 nitrogen and oxygen atoms in total. The molecule has 0 heterocycles. The van der Waals surface area contributed by atoms with Crippen LogP contribution in [0.1, 0.15) is 108 Å². The van der Waals surface area contributed by atoms with Gasteiger partial charge in [0.05, 0.1) is 6.33 Å². The molecule has 0 radical (unpaired) electrons. The van der Waals surface area contributed by atoms with Gasteiger partial charge in [0.15, 0.2) is 11.6 Å². The van der Waals surface area contributed by atoms with E-state index in [0.29, 0.717) is 12.2 Å². The lowest BCUT2D eigenvalue weighted by Gasteiger charge is -2.32. The van der Waals surface area contributed by atoms with Crippen molar-refractivity contribution in [2.24, 2.45) is 17.8 Å². The van der Waals surface area contributed by atoms with Gasteiger partial charge in [0.25, 0.3) is 0 Å². The molecule has 0 unspecified atom stereocenters. The first-order valence-corrected chi connectivity index (χ1v) is 12.4. The van der Waals surface area contributed by atoms with Crippen LogP contribution in [-0.4, -0.2) is 0 Å². The largest absolute Gasteiger partial charge is 0.216 e. The van der Waals surface area contributed by atoms with Gasteiger partial charge in [-0.05, 0) is 79.9 Å². The van der Waals surface area contributed by atoms with Gasteiger partial charge in [-0.25, -0.2) is 13.2 Å². The van der Waals surface area contributed by atoms with E-state index in [1.807, 2.05) is 0 Å². The Morgan fingerprint density at radius 1 is 0.700 bits per heavy atom. The van der Waals surface area contributed by atoms with Crippen LogP contribution in [0.2, 0.25) is 0 Å². The maximum atomic E-state index is 13.5. The molecule has 0 N–H and O–H groups in total. The molecule has 168 valence electrons. The van der Waals surface area contributed by atoms with Crippen LogP contribution >= 0.6 is 0 Å². The van der Waals surface area contributed by atoms with E-state index in [9.17, 15) is 13.2 Å². The van der Waals surface area contributed by atoms with Crippen molar-refractivity contribution in [2.45, 2.75) is 102 Å². The van der Waals surface area contributed by atoms with Gasteiger partial charge in [0.2, 0.25) is 0 Å². The number of rotatable bonds is 10. The minimum atomic E-state index is -0.742. The number of unbranched alkanes of at least 4 members (excludes halogenated alkanes) is 3. The molecule has 0 aromatic heterocycles. The van der Waals surface area contributed by atoms with Crippen LogP contribution in [0.5, 0.6) is 0 Å². The minimum Gasteiger partial charge on any atom is -0.216 e. The summed E-state index contributed by atoms with van der Waals surface area (Å²) in [5.41, 5.74) is 0.976. The van der Waals surface area contributed by atoms with Crippen molar-refractivity contribution in [3.63, 3.8) is 0 Å². The Labute approximate surface area is 181 Å². The topological polar surface area (TPSA) is 0 Å². The predicted octanol–water partition coefficient (Wildman–Crippen LogP) is 9.26. The summed E-state index contributed by atoms with van der Waals surface area (Å²) in [4.78, 5) is 0. The van der Waals surface area contributed by atoms with Gasteiger partial charge >= 0.3 is 0 Å². The van der Waals surface area contributed by atoms with Crippen LogP contribution in [0.4, 0.5) is 13.2 Å². The summed E-state index contributed by atoms with van der Waals surface area (Å²) >= 11 is 0. The highest BCUT2D eigenvalue weighted by Gasteiger charge is 2.25. The van der Waals surface area contributed by atoms with Crippen molar-refractivity contribution in [2.75, 3.05) is 0 Å². The Balaban J connectivity index is 1.26. The van der Waals surface area contributed by atoms with Gasteiger partial charge < -0.3 is 0 Å². The molecule has 0 aliphatic heterocycles. The lowest BCUT2D eigenvalue weighted by atomic mass is 9.74. The van der Waals surface area contributed by atoms with E-state index in [0.717, 1.165) is 49.0 Å². The summed E-state index contributed by atoms with van der Waals surface area (Å²) in [6, 6.07) is 4.44. The van der Waals surface area contributed by atoms with E-state index in [4.69, 9.17) is 0 Å². The fourth-order valence-electron chi connectivity index (χ4n) is 5.77. The number of allylic oxidation sites excluding steroid dienone is 1. The van der Waals surface area contributed by atoms with Crippen molar-refractivity contribution in [1.82, 2.24) is 0 Å². The van der Waals surface area contributed by atoms with Crippen molar-refractivity contribution in [3.8, 4) is 0 Å². The fourth-order valence-corrected chi connectivity index (χ4v) is 5.77. The van der Waals surface area contributed by atoms with Crippen molar-refractivity contribution in [1.29, 1.82) is 0 Å². The first kappa shape index (κ1) is 23.4. The molecule has 2 aliphatic rings. The third kappa shape index (κ3) is 7.46. The van der Waals surface area contributed by atoms with Crippen molar-refractivity contribution >= 4 is 0 Å². The lowest BCUT2D eigenvalue weighted by Crippen LogP contribution is -2.18. The van der Waals surface area contributed by atoms with Gasteiger partial charge in [-0.15, -0.1) is 0 Å². The maximum Gasteiger partial charge on any atom is 0.159 e. The summed E-state index contributed by atoms with van der Waals surface area (Å²) in [5, 5.41) is 0. The molecule has 0 atom stereocenters. The van der Waals surface area contributed by atoms with Gasteiger partial charge in [0, 0.05) is 0 Å². The van der Waals surface area contributed by atoms with E-state index in [-0.39, 0.29) is 0 Å². The van der Waals surface area contributed by atoms with Crippen LogP contribution in [0, 0.1) is 29.4 Å². The second-order valence-electron chi connectivity index (χ2n) is 9.85. The van der Waals surface area contributed by atoms with Crippen molar-refractivity contribution < 1.29 is 13.2 Å². The molecule has 2 fully saturated rings. The van der Waals surface area contributed by atoms with E-state index in [1.54, 1.807) is 12.1 Å². The third-order valence-corrected chi connectivity index (χ3v) is 7.78. The second-order valence-corrected chi connectivity index (χ2v) is 9.85. The standard InChI is InChI=1S/C27H39F3/c28-19-5-3-1-2-4-6-21-7-9-22(10-8-21)11-12-23-13-15-24(16-14-23)25-17-18-26(29)27(30)20-25/h5,17-24H,1-4,6-16H2/b19-5+/t21-,22-,23-,24-. The third-order valence-electron chi connectivity index (χ3n) is 7.78. The summed E-state index contributed by atoms with van der Waals surface area (Å²) < 4.78 is 38.6. The molecule has 3 heteroatoms. The molecule has 0 saturated heterocycles. The van der Waals surface area contributed by atoms with Gasteiger partial charge in [-0.2, -0.15) is 0 Å².